The highest BCUT2D eigenvalue weighted by molar-refractivity contribution is 5.96. The molecule has 0 fully saturated rings. The molecule has 11 nitrogen and oxygen atoms in total. The minimum absolute atomic E-state index is 0.299. The Morgan fingerprint density at radius 1 is 1.06 bits per heavy atom. The average molecular weight is 446 g/mol. The van der Waals surface area contributed by atoms with Crippen molar-refractivity contribution >= 4 is 27.8 Å². The third kappa shape index (κ3) is 3.63. The van der Waals surface area contributed by atoms with Gasteiger partial charge >= 0.3 is 0 Å². The maximum Gasteiger partial charge on any atom is 0.261 e. The number of nitrogens with zero attached hydrogens (tertiary/aromatic N) is 5. The Morgan fingerprint density at radius 2 is 1.82 bits per heavy atom. The van der Waals surface area contributed by atoms with Gasteiger partial charge in [-0.05, 0) is 13.0 Å². The third-order valence-electron chi connectivity index (χ3n) is 5.31. The third-order valence-corrected chi connectivity index (χ3v) is 5.31. The standard InChI is InChI=1S/C22H22N8O3/c1-4-30-11-14-19(29-30)20(25-10-17-23-6-5-7-24-17)18(22(31)28-14)21-26-12-8-15(32-2)16(33-3)9-13(12)27-21/h5-9,11,25H,4,10H2,1-3H3,(H,26,27)(H,28,31). The van der Waals surface area contributed by atoms with Crippen LogP contribution in [0.2, 0.25) is 0 Å². The molecule has 0 amide bonds. The molecule has 0 spiro atoms. The summed E-state index contributed by atoms with van der Waals surface area (Å²) in [6.07, 6.45) is 5.15. The van der Waals surface area contributed by atoms with E-state index in [-0.39, 0.29) is 5.56 Å². The van der Waals surface area contributed by atoms with Crippen molar-refractivity contribution < 1.29 is 9.47 Å². The number of imidazole rings is 1. The van der Waals surface area contributed by atoms with Crippen molar-refractivity contribution in [1.29, 1.82) is 0 Å². The number of methoxy groups -OCH3 is 2. The van der Waals surface area contributed by atoms with Crippen molar-refractivity contribution in [1.82, 2.24) is 34.7 Å². The van der Waals surface area contributed by atoms with Crippen LogP contribution in [0.25, 0.3) is 33.5 Å². The number of pyridine rings is 1. The second kappa shape index (κ2) is 8.26. The number of H-pyrrole nitrogens is 2. The zero-order valence-electron chi connectivity index (χ0n) is 18.3. The first kappa shape index (κ1) is 20.5. The van der Waals surface area contributed by atoms with Crippen molar-refractivity contribution in [2.75, 3.05) is 19.5 Å². The molecule has 0 saturated heterocycles. The first-order valence-corrected chi connectivity index (χ1v) is 10.4. The number of aromatic amines is 2. The smallest absolute Gasteiger partial charge is 0.261 e. The van der Waals surface area contributed by atoms with E-state index in [1.54, 1.807) is 55.7 Å². The van der Waals surface area contributed by atoms with Crippen LogP contribution in [0.1, 0.15) is 12.7 Å². The number of aromatic nitrogens is 7. The van der Waals surface area contributed by atoms with Gasteiger partial charge in [0.15, 0.2) is 11.5 Å². The summed E-state index contributed by atoms with van der Waals surface area (Å²) in [7, 11) is 3.13. The Labute approximate surface area is 187 Å². The molecule has 0 unspecified atom stereocenters. The lowest BCUT2D eigenvalue weighted by Gasteiger charge is -2.10. The highest BCUT2D eigenvalue weighted by Crippen LogP contribution is 2.34. The Kier molecular flexibility index (Phi) is 5.13. The average Bonchev–Trinajstić information content (AvgIpc) is 3.44. The molecule has 4 heterocycles. The fourth-order valence-electron chi connectivity index (χ4n) is 3.72. The summed E-state index contributed by atoms with van der Waals surface area (Å²) in [6.45, 7) is 2.96. The van der Waals surface area contributed by atoms with Crippen LogP contribution in [-0.2, 0) is 13.1 Å². The summed E-state index contributed by atoms with van der Waals surface area (Å²) in [5.74, 6) is 2.09. The molecule has 33 heavy (non-hydrogen) atoms. The van der Waals surface area contributed by atoms with E-state index < -0.39 is 0 Å². The van der Waals surface area contributed by atoms with Crippen LogP contribution in [0.4, 0.5) is 5.69 Å². The summed E-state index contributed by atoms with van der Waals surface area (Å²) in [5.41, 5.74) is 3.18. The monoisotopic (exact) mass is 446 g/mol. The number of fused-ring (bicyclic) bond motifs is 2. The second-order valence-electron chi connectivity index (χ2n) is 7.28. The van der Waals surface area contributed by atoms with E-state index >= 15 is 0 Å². The summed E-state index contributed by atoms with van der Waals surface area (Å²) >= 11 is 0. The maximum atomic E-state index is 13.2. The minimum atomic E-state index is -0.299. The van der Waals surface area contributed by atoms with Crippen LogP contribution in [0, 0.1) is 0 Å². The Hall–Kier alpha value is -4.41. The molecule has 0 aliphatic rings. The van der Waals surface area contributed by atoms with Crippen LogP contribution < -0.4 is 20.3 Å². The van der Waals surface area contributed by atoms with E-state index in [2.05, 4.69) is 35.3 Å². The van der Waals surface area contributed by atoms with Gasteiger partial charge in [-0.2, -0.15) is 5.10 Å². The zero-order valence-corrected chi connectivity index (χ0v) is 18.3. The molecule has 3 N–H and O–H groups in total. The number of rotatable bonds is 7. The SMILES string of the molecule is CCn1cc2[nH]c(=O)c(-c3nc4cc(OC)c(OC)cc4[nH]3)c(NCc3ncccn3)c2n1. The van der Waals surface area contributed by atoms with E-state index in [4.69, 9.17) is 9.47 Å². The minimum Gasteiger partial charge on any atom is -0.493 e. The first-order chi connectivity index (χ1) is 16.1. The Balaban J connectivity index is 1.69. The number of hydrogen-bond donors (Lipinski definition) is 3. The lowest BCUT2D eigenvalue weighted by Crippen LogP contribution is -2.15. The van der Waals surface area contributed by atoms with E-state index in [0.29, 0.717) is 69.6 Å². The van der Waals surface area contributed by atoms with Crippen molar-refractivity contribution in [3.8, 4) is 22.9 Å². The normalized spacial score (nSPS) is 11.2. The van der Waals surface area contributed by atoms with Gasteiger partial charge in [0.2, 0.25) is 0 Å². The number of aryl methyl sites for hydroxylation is 1. The van der Waals surface area contributed by atoms with Gasteiger partial charge in [-0.3, -0.25) is 9.48 Å². The van der Waals surface area contributed by atoms with Crippen molar-refractivity contribution in [2.45, 2.75) is 20.0 Å². The molecule has 1 aromatic carbocycles. The van der Waals surface area contributed by atoms with Gasteiger partial charge < -0.3 is 24.8 Å². The van der Waals surface area contributed by atoms with Gasteiger partial charge in [0, 0.05) is 37.3 Å². The second-order valence-corrected chi connectivity index (χ2v) is 7.28. The molecule has 5 aromatic rings. The lowest BCUT2D eigenvalue weighted by atomic mass is 10.2. The van der Waals surface area contributed by atoms with Crippen molar-refractivity contribution in [2.24, 2.45) is 0 Å². The largest absolute Gasteiger partial charge is 0.493 e. The molecule has 11 heteroatoms. The van der Waals surface area contributed by atoms with Gasteiger partial charge in [0.1, 0.15) is 22.7 Å². The van der Waals surface area contributed by atoms with Crippen molar-refractivity contribution in [3.05, 3.63) is 53.0 Å². The predicted molar refractivity (Wildman–Crippen MR) is 124 cm³/mol. The molecular weight excluding hydrogens is 424 g/mol. The summed E-state index contributed by atoms with van der Waals surface area (Å²) in [4.78, 5) is 32.5. The van der Waals surface area contributed by atoms with Gasteiger partial charge in [0.05, 0.1) is 43.0 Å². The highest BCUT2D eigenvalue weighted by Gasteiger charge is 2.21. The fourth-order valence-corrected chi connectivity index (χ4v) is 3.72. The predicted octanol–water partition coefficient (Wildman–Crippen LogP) is 2.71. The van der Waals surface area contributed by atoms with E-state index in [9.17, 15) is 4.79 Å². The van der Waals surface area contributed by atoms with E-state index in [1.807, 2.05) is 6.92 Å². The number of benzene rings is 1. The molecule has 0 radical (unpaired) electrons. The van der Waals surface area contributed by atoms with E-state index in [0.717, 1.165) is 0 Å². The van der Waals surface area contributed by atoms with Crippen LogP contribution >= 0.6 is 0 Å². The number of hydrogen-bond acceptors (Lipinski definition) is 8. The van der Waals surface area contributed by atoms with Gasteiger partial charge in [-0.25, -0.2) is 15.0 Å². The quantitative estimate of drug-likeness (QED) is 0.347. The summed E-state index contributed by atoms with van der Waals surface area (Å²) < 4.78 is 12.5. The molecule has 0 atom stereocenters. The van der Waals surface area contributed by atoms with Crippen LogP contribution in [0.3, 0.4) is 0 Å². The lowest BCUT2D eigenvalue weighted by molar-refractivity contribution is 0.356. The van der Waals surface area contributed by atoms with E-state index in [1.165, 1.54) is 0 Å². The molecule has 5 rings (SSSR count). The highest BCUT2D eigenvalue weighted by atomic mass is 16.5. The molecule has 0 aliphatic heterocycles. The van der Waals surface area contributed by atoms with Crippen LogP contribution in [-0.4, -0.2) is 48.9 Å². The molecule has 168 valence electrons. The Morgan fingerprint density at radius 3 is 2.55 bits per heavy atom. The first-order valence-electron chi connectivity index (χ1n) is 10.4. The molecule has 0 saturated carbocycles. The molecular formula is C22H22N8O3. The molecule has 4 aromatic heterocycles. The van der Waals surface area contributed by atoms with Gasteiger partial charge in [-0.15, -0.1) is 0 Å². The fraction of sp³-hybridized carbons (Fsp3) is 0.227. The van der Waals surface area contributed by atoms with Gasteiger partial charge in [0.25, 0.3) is 5.56 Å². The topological polar surface area (TPSA) is 136 Å². The zero-order chi connectivity index (χ0) is 22.9. The number of nitrogens with one attached hydrogen (secondary N) is 3. The molecule has 0 bridgehead atoms. The molecule has 0 aliphatic carbocycles. The number of ether oxygens (including phenoxy) is 2. The maximum absolute atomic E-state index is 13.2. The van der Waals surface area contributed by atoms with Crippen molar-refractivity contribution in [3.63, 3.8) is 0 Å². The number of anilines is 1. The summed E-state index contributed by atoms with van der Waals surface area (Å²) in [5, 5.41) is 7.95. The van der Waals surface area contributed by atoms with Crippen LogP contribution in [0.15, 0.2) is 41.6 Å². The Bertz CT molecular complexity index is 1460. The summed E-state index contributed by atoms with van der Waals surface area (Å²) in [6, 6.07) is 5.30. The van der Waals surface area contributed by atoms with Crippen LogP contribution in [0.5, 0.6) is 11.5 Å². The van der Waals surface area contributed by atoms with Gasteiger partial charge in [-0.1, -0.05) is 0 Å².